The summed E-state index contributed by atoms with van der Waals surface area (Å²) in [4.78, 5) is -0.138. The first-order chi connectivity index (χ1) is 7.33. The number of aliphatic hydroxyl groups excluding tert-OH is 1. The van der Waals surface area contributed by atoms with Gasteiger partial charge in [-0.15, -0.1) is 0 Å². The molecule has 0 heterocycles. The van der Waals surface area contributed by atoms with Crippen molar-refractivity contribution >= 4 is 10.1 Å². The third-order valence-corrected chi connectivity index (χ3v) is 3.19. The number of aryl methyl sites for hydroxylation is 1. The molecule has 0 fully saturated rings. The van der Waals surface area contributed by atoms with Crippen molar-refractivity contribution in [3.63, 3.8) is 0 Å². The van der Waals surface area contributed by atoms with E-state index in [2.05, 4.69) is 4.18 Å². The molecule has 0 saturated carbocycles. The van der Waals surface area contributed by atoms with E-state index in [0.29, 0.717) is 0 Å². The average Bonchev–Trinajstić information content (AvgIpc) is 2.17. The molecule has 90 valence electrons. The summed E-state index contributed by atoms with van der Waals surface area (Å²) in [7, 11) is -4.16. The third-order valence-electron chi connectivity index (χ3n) is 1.91. The highest BCUT2D eigenvalue weighted by Gasteiger charge is 2.24. The Morgan fingerprint density at radius 2 is 1.81 bits per heavy atom. The largest absolute Gasteiger partial charge is 0.388 e. The van der Waals surface area contributed by atoms with Crippen molar-refractivity contribution in [2.24, 2.45) is 0 Å². The fraction of sp³-hybridized carbons (Fsp3) is 0.400. The lowest BCUT2D eigenvalue weighted by atomic mass is 10.2. The normalized spacial score (nSPS) is 15.8. The van der Waals surface area contributed by atoms with Gasteiger partial charge in [-0.1, -0.05) is 17.7 Å². The molecule has 16 heavy (non-hydrogen) atoms. The summed E-state index contributed by atoms with van der Waals surface area (Å²) >= 11 is 0. The number of hydrogen-bond donors (Lipinski definition) is 1. The van der Waals surface area contributed by atoms with Gasteiger partial charge in [-0.2, -0.15) is 8.42 Å². The topological polar surface area (TPSA) is 63.6 Å². The third kappa shape index (κ3) is 3.26. The molecule has 1 aromatic rings. The number of benzene rings is 1. The van der Waals surface area contributed by atoms with Gasteiger partial charge in [0.1, 0.15) is 6.10 Å². The summed E-state index contributed by atoms with van der Waals surface area (Å²) in [6.45, 7) is 2.90. The lowest BCUT2D eigenvalue weighted by Crippen LogP contribution is -2.24. The van der Waals surface area contributed by atoms with Crippen LogP contribution in [0.25, 0.3) is 0 Å². The second kappa shape index (κ2) is 4.90. The van der Waals surface area contributed by atoms with Crippen molar-refractivity contribution in [1.82, 2.24) is 0 Å². The molecule has 0 bridgehead atoms. The van der Waals surface area contributed by atoms with E-state index < -0.39 is 22.6 Å². The summed E-state index contributed by atoms with van der Waals surface area (Å²) in [5, 5.41) is 8.81. The zero-order chi connectivity index (χ0) is 12.3. The molecule has 0 aliphatic rings. The Balaban J connectivity index is 2.90. The molecule has 1 aromatic carbocycles. The quantitative estimate of drug-likeness (QED) is 0.817. The summed E-state index contributed by atoms with van der Waals surface area (Å²) in [6, 6.07) is 5.79. The highest BCUT2D eigenvalue weighted by atomic mass is 32.2. The molecule has 2 atom stereocenters. The first-order valence-corrected chi connectivity index (χ1v) is 6.06. The zero-order valence-electron chi connectivity index (χ0n) is 8.92. The van der Waals surface area contributed by atoms with Crippen LogP contribution in [0, 0.1) is 6.92 Å². The van der Waals surface area contributed by atoms with Gasteiger partial charge < -0.3 is 5.11 Å². The zero-order valence-corrected chi connectivity index (χ0v) is 9.74. The lowest BCUT2D eigenvalue weighted by molar-refractivity contribution is -0.0330. The maximum Gasteiger partial charge on any atom is 0.299 e. The van der Waals surface area contributed by atoms with E-state index in [0.717, 1.165) is 12.5 Å². The van der Waals surface area contributed by atoms with Crippen LogP contribution in [0.4, 0.5) is 4.39 Å². The predicted octanol–water partition coefficient (Wildman–Crippen LogP) is 1.38. The number of rotatable bonds is 4. The molecule has 1 N–H and O–H groups in total. The van der Waals surface area contributed by atoms with Gasteiger partial charge in [0.05, 0.1) is 4.90 Å². The Hall–Kier alpha value is -0.980. The average molecular weight is 248 g/mol. The van der Waals surface area contributed by atoms with Crippen molar-refractivity contribution in [2.45, 2.75) is 31.2 Å². The number of hydrogen-bond acceptors (Lipinski definition) is 4. The predicted molar refractivity (Wildman–Crippen MR) is 56.0 cm³/mol. The molecule has 4 nitrogen and oxygen atoms in total. The second-order valence-corrected chi connectivity index (χ2v) is 5.03. The van der Waals surface area contributed by atoms with E-state index in [9.17, 15) is 12.8 Å². The Bertz CT molecular complexity index is 438. The Morgan fingerprint density at radius 1 is 1.31 bits per heavy atom. The van der Waals surface area contributed by atoms with Crippen molar-refractivity contribution in [3.05, 3.63) is 29.8 Å². The van der Waals surface area contributed by atoms with E-state index in [1.165, 1.54) is 12.1 Å². The lowest BCUT2D eigenvalue weighted by Gasteiger charge is -2.12. The van der Waals surface area contributed by atoms with Crippen LogP contribution in [0.15, 0.2) is 29.2 Å². The van der Waals surface area contributed by atoms with Crippen molar-refractivity contribution < 1.29 is 22.1 Å². The number of aliphatic hydroxyl groups is 1. The molecule has 6 heteroatoms. The number of alkyl halides is 1. The van der Waals surface area contributed by atoms with E-state index in [4.69, 9.17) is 5.11 Å². The van der Waals surface area contributed by atoms with Crippen LogP contribution in [-0.2, 0) is 14.3 Å². The van der Waals surface area contributed by atoms with Crippen LogP contribution < -0.4 is 0 Å². The summed E-state index contributed by atoms with van der Waals surface area (Å²) in [5.74, 6) is 0. The highest BCUT2D eigenvalue weighted by Crippen LogP contribution is 2.16. The van der Waals surface area contributed by atoms with E-state index in [-0.39, 0.29) is 4.90 Å². The minimum atomic E-state index is -4.16. The molecule has 0 saturated heterocycles. The molecular weight excluding hydrogens is 235 g/mol. The van der Waals surface area contributed by atoms with Gasteiger partial charge in [0.15, 0.2) is 0 Å². The SMILES string of the molecule is Cc1ccc(S(=O)(=O)OC(F)C(C)O)cc1. The highest BCUT2D eigenvalue weighted by molar-refractivity contribution is 7.86. The van der Waals surface area contributed by atoms with Crippen LogP contribution in [0.3, 0.4) is 0 Å². The summed E-state index contributed by atoms with van der Waals surface area (Å²) in [5.41, 5.74) is 0.881. The first-order valence-electron chi connectivity index (χ1n) is 4.65. The van der Waals surface area contributed by atoms with Crippen molar-refractivity contribution in [2.75, 3.05) is 0 Å². The summed E-state index contributed by atoms with van der Waals surface area (Å²) in [6.07, 6.45) is -3.76. The summed E-state index contributed by atoms with van der Waals surface area (Å²) < 4.78 is 40.1. The first kappa shape index (κ1) is 13.1. The van der Waals surface area contributed by atoms with Crippen molar-refractivity contribution in [3.8, 4) is 0 Å². The van der Waals surface area contributed by atoms with Gasteiger partial charge >= 0.3 is 0 Å². The molecule has 0 aliphatic carbocycles. The Labute approximate surface area is 93.8 Å². The van der Waals surface area contributed by atoms with E-state index in [1.807, 2.05) is 0 Å². The standard InChI is InChI=1S/C10H13FO4S/c1-7-3-5-9(6-4-7)16(13,14)15-10(11)8(2)12/h3-6,8,10,12H,1-2H3. The molecule has 0 aromatic heterocycles. The second-order valence-electron chi connectivity index (χ2n) is 3.46. The molecule has 0 amide bonds. The maximum absolute atomic E-state index is 12.9. The minimum absolute atomic E-state index is 0.138. The fourth-order valence-electron chi connectivity index (χ4n) is 0.962. The van der Waals surface area contributed by atoms with Gasteiger partial charge in [0.25, 0.3) is 10.1 Å². The van der Waals surface area contributed by atoms with Gasteiger partial charge in [0, 0.05) is 0 Å². The van der Waals surface area contributed by atoms with Crippen LogP contribution in [0.1, 0.15) is 12.5 Å². The van der Waals surface area contributed by atoms with E-state index >= 15 is 0 Å². The van der Waals surface area contributed by atoms with Crippen LogP contribution in [0.5, 0.6) is 0 Å². The smallest absolute Gasteiger partial charge is 0.299 e. The number of halogens is 1. The Kier molecular flexibility index (Phi) is 4.01. The van der Waals surface area contributed by atoms with Gasteiger partial charge in [-0.3, -0.25) is 0 Å². The van der Waals surface area contributed by atoms with Gasteiger partial charge in [-0.05, 0) is 26.0 Å². The van der Waals surface area contributed by atoms with Gasteiger partial charge in [-0.25, -0.2) is 8.57 Å². The monoisotopic (exact) mass is 248 g/mol. The van der Waals surface area contributed by atoms with Crippen LogP contribution in [0.2, 0.25) is 0 Å². The molecule has 0 radical (unpaired) electrons. The van der Waals surface area contributed by atoms with Gasteiger partial charge in [0.2, 0.25) is 6.36 Å². The molecular formula is C10H13FO4S. The molecule has 2 unspecified atom stereocenters. The van der Waals surface area contributed by atoms with Crippen LogP contribution >= 0.6 is 0 Å². The molecule has 1 rings (SSSR count). The fourth-order valence-corrected chi connectivity index (χ4v) is 1.95. The van der Waals surface area contributed by atoms with Crippen LogP contribution in [-0.4, -0.2) is 26.0 Å². The minimum Gasteiger partial charge on any atom is -0.388 e. The maximum atomic E-state index is 12.9. The molecule has 0 spiro atoms. The molecule has 0 aliphatic heterocycles. The van der Waals surface area contributed by atoms with E-state index in [1.54, 1.807) is 19.1 Å². The van der Waals surface area contributed by atoms with Crippen molar-refractivity contribution in [1.29, 1.82) is 0 Å². The Morgan fingerprint density at radius 3 is 2.25 bits per heavy atom.